The summed E-state index contributed by atoms with van der Waals surface area (Å²) in [7, 11) is 0. The minimum Gasteiger partial charge on any atom is -0.313 e. The summed E-state index contributed by atoms with van der Waals surface area (Å²) in [5.41, 5.74) is 1.20. The number of aromatic nitrogens is 1. The lowest BCUT2D eigenvalue weighted by Gasteiger charge is -2.31. The topological polar surface area (TPSA) is 24.9 Å². The molecule has 0 saturated heterocycles. The Balaban J connectivity index is 2.83. The number of rotatable bonds is 7. The Morgan fingerprint density at radius 1 is 1.18 bits per heavy atom. The highest BCUT2D eigenvalue weighted by molar-refractivity contribution is 5.11. The Labute approximate surface area is 106 Å². The van der Waals surface area contributed by atoms with Crippen LogP contribution in [0.4, 0.5) is 0 Å². The second-order valence-electron chi connectivity index (χ2n) is 4.70. The molecular weight excluding hydrogens is 208 g/mol. The Hall–Kier alpha value is -0.890. The van der Waals surface area contributed by atoms with Gasteiger partial charge in [-0.2, -0.15) is 0 Å². The molecule has 0 amide bonds. The summed E-state index contributed by atoms with van der Waals surface area (Å²) in [6.45, 7) is 10.1. The molecule has 1 heterocycles. The fourth-order valence-electron chi connectivity index (χ4n) is 2.61. The molecule has 0 spiro atoms. The van der Waals surface area contributed by atoms with Crippen LogP contribution in [0.15, 0.2) is 24.4 Å². The van der Waals surface area contributed by atoms with E-state index in [0.717, 1.165) is 12.5 Å². The van der Waals surface area contributed by atoms with Gasteiger partial charge in [0.25, 0.3) is 0 Å². The molecule has 1 rings (SSSR count). The molecule has 0 saturated carbocycles. The highest BCUT2D eigenvalue weighted by Crippen LogP contribution is 2.26. The van der Waals surface area contributed by atoms with Gasteiger partial charge in [-0.3, -0.25) is 4.98 Å². The second kappa shape index (κ2) is 7.44. The molecule has 2 unspecified atom stereocenters. The van der Waals surface area contributed by atoms with E-state index in [-0.39, 0.29) is 0 Å². The van der Waals surface area contributed by atoms with Crippen molar-refractivity contribution in [2.24, 2.45) is 5.92 Å². The first kappa shape index (κ1) is 14.2. The Morgan fingerprint density at radius 3 is 2.35 bits per heavy atom. The Bertz CT molecular complexity index is 293. The zero-order valence-corrected chi connectivity index (χ0v) is 11.6. The van der Waals surface area contributed by atoms with Crippen LogP contribution in [0.25, 0.3) is 0 Å². The van der Waals surface area contributed by atoms with Gasteiger partial charge >= 0.3 is 0 Å². The van der Waals surface area contributed by atoms with Gasteiger partial charge in [0.2, 0.25) is 0 Å². The van der Waals surface area contributed by atoms with Crippen LogP contribution in [0.2, 0.25) is 0 Å². The summed E-state index contributed by atoms with van der Waals surface area (Å²) in [5.74, 6) is 1.20. The van der Waals surface area contributed by atoms with Gasteiger partial charge in [-0.1, -0.05) is 46.6 Å². The van der Waals surface area contributed by atoms with Crippen molar-refractivity contribution in [3.63, 3.8) is 0 Å². The first-order valence-electron chi connectivity index (χ1n) is 6.88. The quantitative estimate of drug-likeness (QED) is 0.779. The van der Waals surface area contributed by atoms with Gasteiger partial charge in [-0.15, -0.1) is 0 Å². The van der Waals surface area contributed by atoms with Gasteiger partial charge in [0.1, 0.15) is 0 Å². The summed E-state index contributed by atoms with van der Waals surface area (Å²) in [6.07, 6.45) is 4.35. The van der Waals surface area contributed by atoms with E-state index in [0.29, 0.717) is 12.0 Å². The lowest BCUT2D eigenvalue weighted by atomic mass is 9.84. The lowest BCUT2D eigenvalue weighted by molar-refractivity contribution is 0.300. The second-order valence-corrected chi connectivity index (χ2v) is 4.70. The van der Waals surface area contributed by atoms with Crippen molar-refractivity contribution in [1.29, 1.82) is 0 Å². The van der Waals surface area contributed by atoms with Gasteiger partial charge in [-0.05, 0) is 24.6 Å². The van der Waals surface area contributed by atoms with E-state index in [9.17, 15) is 0 Å². The lowest BCUT2D eigenvalue weighted by Crippen LogP contribution is -2.40. The largest absolute Gasteiger partial charge is 0.313 e. The fraction of sp³-hybridized carbons (Fsp3) is 0.667. The highest BCUT2D eigenvalue weighted by Gasteiger charge is 2.25. The summed E-state index contributed by atoms with van der Waals surface area (Å²) in [4.78, 5) is 4.49. The number of pyridine rings is 1. The number of hydrogen-bond donors (Lipinski definition) is 1. The number of nitrogens with one attached hydrogen (secondary N) is 1. The minimum absolute atomic E-state index is 0.473. The van der Waals surface area contributed by atoms with Crippen LogP contribution in [0.3, 0.4) is 0 Å². The maximum atomic E-state index is 4.49. The number of nitrogens with zero attached hydrogens (tertiary/aromatic N) is 1. The molecule has 0 fully saturated rings. The molecular formula is C15H26N2. The number of likely N-dealkylation sites (N-methyl/N-ethyl adjacent to an activating group) is 1. The van der Waals surface area contributed by atoms with E-state index in [1.54, 1.807) is 0 Å². The normalized spacial score (nSPS) is 14.9. The molecule has 0 aliphatic carbocycles. The zero-order valence-electron chi connectivity index (χ0n) is 11.6. The predicted molar refractivity (Wildman–Crippen MR) is 74.2 cm³/mol. The van der Waals surface area contributed by atoms with Crippen molar-refractivity contribution >= 4 is 0 Å². The summed E-state index contributed by atoms with van der Waals surface area (Å²) in [5, 5.41) is 3.64. The SMILES string of the molecule is CCNC(C(CC)CC)C(C)c1ccccn1. The molecule has 2 heteroatoms. The van der Waals surface area contributed by atoms with Gasteiger partial charge in [0.15, 0.2) is 0 Å². The molecule has 0 bridgehead atoms. The third kappa shape index (κ3) is 3.81. The van der Waals surface area contributed by atoms with Crippen LogP contribution in [0.1, 0.15) is 52.1 Å². The highest BCUT2D eigenvalue weighted by atomic mass is 14.9. The van der Waals surface area contributed by atoms with Crippen molar-refractivity contribution in [1.82, 2.24) is 10.3 Å². The average molecular weight is 234 g/mol. The molecule has 1 aromatic rings. The van der Waals surface area contributed by atoms with Crippen LogP contribution < -0.4 is 5.32 Å². The van der Waals surface area contributed by atoms with Crippen LogP contribution in [0.5, 0.6) is 0 Å². The Morgan fingerprint density at radius 2 is 1.88 bits per heavy atom. The predicted octanol–water partition coefficient (Wildman–Crippen LogP) is 3.60. The molecule has 17 heavy (non-hydrogen) atoms. The first-order valence-corrected chi connectivity index (χ1v) is 6.88. The molecule has 0 aromatic carbocycles. The van der Waals surface area contributed by atoms with Crippen molar-refractivity contribution in [3.05, 3.63) is 30.1 Å². The van der Waals surface area contributed by atoms with Gasteiger partial charge in [0, 0.05) is 23.9 Å². The molecule has 2 atom stereocenters. The molecule has 2 nitrogen and oxygen atoms in total. The fourth-order valence-corrected chi connectivity index (χ4v) is 2.61. The monoisotopic (exact) mass is 234 g/mol. The third-order valence-electron chi connectivity index (χ3n) is 3.69. The maximum absolute atomic E-state index is 4.49. The molecule has 96 valence electrons. The van der Waals surface area contributed by atoms with Crippen molar-refractivity contribution in [2.45, 2.75) is 52.5 Å². The standard InChI is InChI=1S/C15H26N2/c1-5-13(6-2)15(16-7-3)12(4)14-10-8-9-11-17-14/h8-13,15-16H,5-7H2,1-4H3. The van der Waals surface area contributed by atoms with Crippen LogP contribution in [-0.4, -0.2) is 17.6 Å². The van der Waals surface area contributed by atoms with Crippen molar-refractivity contribution in [2.75, 3.05) is 6.54 Å². The van der Waals surface area contributed by atoms with Crippen molar-refractivity contribution in [3.8, 4) is 0 Å². The van der Waals surface area contributed by atoms with Gasteiger partial charge < -0.3 is 5.32 Å². The molecule has 0 aliphatic rings. The van der Waals surface area contributed by atoms with E-state index in [4.69, 9.17) is 0 Å². The van der Waals surface area contributed by atoms with Gasteiger partial charge in [0.05, 0.1) is 0 Å². The van der Waals surface area contributed by atoms with E-state index >= 15 is 0 Å². The third-order valence-corrected chi connectivity index (χ3v) is 3.69. The van der Waals surface area contributed by atoms with Crippen LogP contribution in [0, 0.1) is 5.92 Å². The number of hydrogen-bond acceptors (Lipinski definition) is 2. The minimum atomic E-state index is 0.473. The first-order chi connectivity index (χ1) is 8.24. The molecule has 1 N–H and O–H groups in total. The van der Waals surface area contributed by atoms with Crippen LogP contribution in [-0.2, 0) is 0 Å². The van der Waals surface area contributed by atoms with Crippen LogP contribution >= 0.6 is 0 Å². The average Bonchev–Trinajstić information content (AvgIpc) is 2.39. The summed E-state index contributed by atoms with van der Waals surface area (Å²) in [6, 6.07) is 6.73. The zero-order chi connectivity index (χ0) is 12.7. The molecule has 1 aromatic heterocycles. The van der Waals surface area contributed by atoms with E-state index in [1.165, 1.54) is 18.5 Å². The Kier molecular flexibility index (Phi) is 6.20. The summed E-state index contributed by atoms with van der Waals surface area (Å²) < 4.78 is 0. The van der Waals surface area contributed by atoms with Gasteiger partial charge in [-0.25, -0.2) is 0 Å². The van der Waals surface area contributed by atoms with E-state index < -0.39 is 0 Å². The summed E-state index contributed by atoms with van der Waals surface area (Å²) >= 11 is 0. The van der Waals surface area contributed by atoms with E-state index in [1.807, 2.05) is 12.3 Å². The van der Waals surface area contributed by atoms with Crippen molar-refractivity contribution < 1.29 is 0 Å². The molecule has 0 radical (unpaired) electrons. The molecule has 0 aliphatic heterocycles. The maximum Gasteiger partial charge on any atom is 0.0447 e. The van der Waals surface area contributed by atoms with E-state index in [2.05, 4.69) is 50.1 Å². The smallest absolute Gasteiger partial charge is 0.0447 e.